The second-order valence-corrected chi connectivity index (χ2v) is 6.18. The van der Waals surface area contributed by atoms with Gasteiger partial charge in [0, 0.05) is 36.8 Å². The first kappa shape index (κ1) is 17.8. The number of carbonyl (C=O) groups excluding carboxylic acids is 2. The predicted octanol–water partition coefficient (Wildman–Crippen LogP) is 1.92. The largest absolute Gasteiger partial charge is 0.355 e. The summed E-state index contributed by atoms with van der Waals surface area (Å²) in [7, 11) is 0. The van der Waals surface area contributed by atoms with Crippen molar-refractivity contribution < 1.29 is 9.59 Å². The minimum atomic E-state index is -0.123. The Morgan fingerprint density at radius 3 is 2.70 bits per heavy atom. The summed E-state index contributed by atoms with van der Waals surface area (Å²) < 4.78 is 0. The molecule has 1 saturated heterocycles. The molecule has 1 aliphatic heterocycles. The van der Waals surface area contributed by atoms with Gasteiger partial charge in [0.2, 0.25) is 5.91 Å². The predicted molar refractivity (Wildman–Crippen MR) is 91.6 cm³/mol. The lowest BCUT2D eigenvalue weighted by Crippen LogP contribution is -2.46. The van der Waals surface area contributed by atoms with E-state index in [1.54, 1.807) is 29.2 Å². The average molecular weight is 338 g/mol. The summed E-state index contributed by atoms with van der Waals surface area (Å²) in [6, 6.07) is 6.88. The monoisotopic (exact) mass is 337 g/mol. The second kappa shape index (κ2) is 8.89. The number of benzene rings is 1. The van der Waals surface area contributed by atoms with Gasteiger partial charge < -0.3 is 15.5 Å². The van der Waals surface area contributed by atoms with Gasteiger partial charge >= 0.3 is 0 Å². The molecule has 1 aliphatic rings. The molecular weight excluding hydrogens is 314 g/mol. The first-order chi connectivity index (χ1) is 11.1. The number of piperidine rings is 1. The molecule has 0 aromatic heterocycles. The van der Waals surface area contributed by atoms with E-state index >= 15 is 0 Å². The summed E-state index contributed by atoms with van der Waals surface area (Å²) in [5.41, 5.74) is 0.614. The molecule has 1 unspecified atom stereocenters. The Hall–Kier alpha value is -1.59. The molecule has 0 spiro atoms. The summed E-state index contributed by atoms with van der Waals surface area (Å²) in [6.45, 7) is 5.49. The fourth-order valence-electron chi connectivity index (χ4n) is 2.75. The Labute approximate surface area is 142 Å². The molecular formula is C17H24ClN3O2. The van der Waals surface area contributed by atoms with Crippen LogP contribution in [0.3, 0.4) is 0 Å². The molecule has 0 aliphatic carbocycles. The zero-order valence-corrected chi connectivity index (χ0v) is 14.2. The molecule has 1 aromatic carbocycles. The molecule has 23 heavy (non-hydrogen) atoms. The highest BCUT2D eigenvalue weighted by Gasteiger charge is 2.28. The van der Waals surface area contributed by atoms with E-state index in [9.17, 15) is 9.59 Å². The smallest absolute Gasteiger partial charge is 0.253 e. The third kappa shape index (κ3) is 5.22. The lowest BCUT2D eigenvalue weighted by atomic mass is 9.96. The summed E-state index contributed by atoms with van der Waals surface area (Å²) in [5, 5.41) is 6.72. The maximum absolute atomic E-state index is 12.5. The highest BCUT2D eigenvalue weighted by Crippen LogP contribution is 2.19. The van der Waals surface area contributed by atoms with Gasteiger partial charge in [-0.3, -0.25) is 9.59 Å². The normalized spacial score (nSPS) is 17.8. The molecule has 0 bridgehead atoms. The maximum Gasteiger partial charge on any atom is 0.253 e. The van der Waals surface area contributed by atoms with Gasteiger partial charge in [0.05, 0.1) is 5.92 Å². The Bertz CT molecular complexity index is 533. The number of rotatable bonds is 6. The van der Waals surface area contributed by atoms with Crippen molar-refractivity contribution in [2.75, 3.05) is 32.7 Å². The average Bonchev–Trinajstić information content (AvgIpc) is 2.59. The molecule has 0 radical (unpaired) electrons. The number of carbonyl (C=O) groups is 2. The van der Waals surface area contributed by atoms with Crippen LogP contribution >= 0.6 is 11.6 Å². The van der Waals surface area contributed by atoms with Gasteiger partial charge in [-0.25, -0.2) is 0 Å². The molecule has 1 atom stereocenters. The Morgan fingerprint density at radius 1 is 1.26 bits per heavy atom. The summed E-state index contributed by atoms with van der Waals surface area (Å²) in [6.07, 6.45) is 1.68. The van der Waals surface area contributed by atoms with E-state index in [-0.39, 0.29) is 17.7 Å². The van der Waals surface area contributed by atoms with E-state index in [4.69, 9.17) is 11.6 Å². The van der Waals surface area contributed by atoms with Crippen LogP contribution in [0.1, 0.15) is 30.1 Å². The van der Waals surface area contributed by atoms with Crippen LogP contribution in [0.25, 0.3) is 0 Å². The van der Waals surface area contributed by atoms with Gasteiger partial charge in [-0.1, -0.05) is 18.5 Å². The SMILES string of the molecule is CCNCCNC(=O)C1CCCN(C(=O)c2ccc(Cl)cc2)C1. The quantitative estimate of drug-likeness (QED) is 0.780. The van der Waals surface area contributed by atoms with E-state index in [1.165, 1.54) is 0 Å². The third-order valence-corrected chi connectivity index (χ3v) is 4.27. The third-order valence-electron chi connectivity index (χ3n) is 4.02. The number of likely N-dealkylation sites (N-methyl/N-ethyl adjacent to an activating group) is 1. The summed E-state index contributed by atoms with van der Waals surface area (Å²) >= 11 is 5.85. The van der Waals surface area contributed by atoms with Crippen LogP contribution in [-0.4, -0.2) is 49.4 Å². The van der Waals surface area contributed by atoms with Crippen LogP contribution in [0, 0.1) is 5.92 Å². The van der Waals surface area contributed by atoms with E-state index in [0.717, 1.165) is 25.9 Å². The van der Waals surface area contributed by atoms with Crippen LogP contribution < -0.4 is 10.6 Å². The van der Waals surface area contributed by atoms with E-state index in [2.05, 4.69) is 10.6 Å². The zero-order valence-electron chi connectivity index (χ0n) is 13.5. The standard InChI is InChI=1S/C17H24ClN3O2/c1-2-19-9-10-20-16(22)14-4-3-11-21(12-14)17(23)13-5-7-15(18)8-6-13/h5-8,14,19H,2-4,9-12H2,1H3,(H,20,22). The topological polar surface area (TPSA) is 61.4 Å². The molecule has 1 aromatic rings. The van der Waals surface area contributed by atoms with Crippen LogP contribution in [-0.2, 0) is 4.79 Å². The fourth-order valence-corrected chi connectivity index (χ4v) is 2.87. The fraction of sp³-hybridized carbons (Fsp3) is 0.529. The number of amides is 2. The molecule has 2 N–H and O–H groups in total. The maximum atomic E-state index is 12.5. The molecule has 1 fully saturated rings. The van der Waals surface area contributed by atoms with Crippen molar-refractivity contribution in [3.63, 3.8) is 0 Å². The zero-order chi connectivity index (χ0) is 16.7. The molecule has 0 saturated carbocycles. The van der Waals surface area contributed by atoms with E-state index < -0.39 is 0 Å². The first-order valence-corrected chi connectivity index (χ1v) is 8.53. The second-order valence-electron chi connectivity index (χ2n) is 5.74. The van der Waals surface area contributed by atoms with Gasteiger partial charge in [-0.15, -0.1) is 0 Å². The lowest BCUT2D eigenvalue weighted by Gasteiger charge is -2.32. The van der Waals surface area contributed by atoms with Gasteiger partial charge in [-0.05, 0) is 43.7 Å². The van der Waals surface area contributed by atoms with Crippen LogP contribution in [0.15, 0.2) is 24.3 Å². The summed E-state index contributed by atoms with van der Waals surface area (Å²) in [5.74, 6) is -0.120. The number of hydrogen-bond donors (Lipinski definition) is 2. The first-order valence-electron chi connectivity index (χ1n) is 8.15. The van der Waals surface area contributed by atoms with Crippen molar-refractivity contribution in [3.8, 4) is 0 Å². The van der Waals surface area contributed by atoms with E-state index in [0.29, 0.717) is 30.2 Å². The molecule has 5 nitrogen and oxygen atoms in total. The Balaban J connectivity index is 1.88. The van der Waals surface area contributed by atoms with Crippen molar-refractivity contribution in [1.29, 1.82) is 0 Å². The van der Waals surface area contributed by atoms with Crippen LogP contribution in [0.5, 0.6) is 0 Å². The van der Waals surface area contributed by atoms with Gasteiger partial charge in [-0.2, -0.15) is 0 Å². The van der Waals surface area contributed by atoms with Crippen molar-refractivity contribution in [2.24, 2.45) is 5.92 Å². The van der Waals surface area contributed by atoms with Crippen molar-refractivity contribution >= 4 is 23.4 Å². The minimum Gasteiger partial charge on any atom is -0.355 e. The molecule has 126 valence electrons. The number of nitrogens with zero attached hydrogens (tertiary/aromatic N) is 1. The van der Waals surface area contributed by atoms with Crippen molar-refractivity contribution in [2.45, 2.75) is 19.8 Å². The molecule has 1 heterocycles. The number of likely N-dealkylation sites (tertiary alicyclic amines) is 1. The number of halogens is 1. The molecule has 2 amide bonds. The van der Waals surface area contributed by atoms with Crippen LogP contribution in [0.4, 0.5) is 0 Å². The highest BCUT2D eigenvalue weighted by atomic mass is 35.5. The molecule has 2 rings (SSSR count). The number of hydrogen-bond acceptors (Lipinski definition) is 3. The number of nitrogens with one attached hydrogen (secondary N) is 2. The highest BCUT2D eigenvalue weighted by molar-refractivity contribution is 6.30. The van der Waals surface area contributed by atoms with Crippen molar-refractivity contribution in [3.05, 3.63) is 34.9 Å². The Morgan fingerprint density at radius 2 is 2.00 bits per heavy atom. The lowest BCUT2D eigenvalue weighted by molar-refractivity contribution is -0.126. The van der Waals surface area contributed by atoms with Gasteiger partial charge in [0.1, 0.15) is 0 Å². The van der Waals surface area contributed by atoms with Gasteiger partial charge in [0.15, 0.2) is 0 Å². The van der Waals surface area contributed by atoms with Crippen LogP contribution in [0.2, 0.25) is 5.02 Å². The van der Waals surface area contributed by atoms with Crippen molar-refractivity contribution in [1.82, 2.24) is 15.5 Å². The Kier molecular flexibility index (Phi) is 6.86. The van der Waals surface area contributed by atoms with Gasteiger partial charge in [0.25, 0.3) is 5.91 Å². The van der Waals surface area contributed by atoms with E-state index in [1.807, 2.05) is 6.92 Å². The summed E-state index contributed by atoms with van der Waals surface area (Å²) in [4.78, 5) is 26.5. The molecule has 6 heteroatoms. The minimum absolute atomic E-state index is 0.0354.